The van der Waals surface area contributed by atoms with E-state index in [-0.39, 0.29) is 5.04 Å². The van der Waals surface area contributed by atoms with Gasteiger partial charge in [0, 0.05) is 6.61 Å². The molecular formula is C22H31NOSi. The zero-order valence-corrected chi connectivity index (χ0v) is 16.7. The molecule has 0 radical (unpaired) electrons. The first-order chi connectivity index (χ1) is 12.0. The van der Waals surface area contributed by atoms with Gasteiger partial charge in [0.25, 0.3) is 8.32 Å². The molecule has 1 aliphatic rings. The number of hydrogen-bond donors (Lipinski definition) is 1. The highest BCUT2D eigenvalue weighted by molar-refractivity contribution is 6.99. The molecule has 0 heterocycles. The lowest BCUT2D eigenvalue weighted by molar-refractivity contribution is 0.281. The summed E-state index contributed by atoms with van der Waals surface area (Å²) >= 11 is 0. The van der Waals surface area contributed by atoms with Gasteiger partial charge in [0.2, 0.25) is 0 Å². The smallest absolute Gasteiger partial charge is 0.261 e. The second-order valence-electron chi connectivity index (χ2n) is 8.29. The second kappa shape index (κ2) is 7.44. The standard InChI is InChI=1S/C22H31NOSi/c1-22(2,3)25(20-10-6-4-7-11-20,21-12-8-5-9-13-21)24-15-14-18-16-19(18)17-23/h4-13,18-19H,14-17,23H2,1-3H3/t18-,19+/m0/s1. The van der Waals surface area contributed by atoms with Crippen LogP contribution in [0.3, 0.4) is 0 Å². The largest absolute Gasteiger partial charge is 0.407 e. The summed E-state index contributed by atoms with van der Waals surface area (Å²) in [5, 5.41) is 2.78. The maximum atomic E-state index is 6.91. The second-order valence-corrected chi connectivity index (χ2v) is 12.6. The van der Waals surface area contributed by atoms with Crippen molar-refractivity contribution in [2.45, 2.75) is 38.7 Å². The molecule has 0 amide bonds. The molecule has 2 nitrogen and oxygen atoms in total. The molecule has 3 heteroatoms. The lowest BCUT2D eigenvalue weighted by Crippen LogP contribution is -2.66. The highest BCUT2D eigenvalue weighted by Crippen LogP contribution is 2.41. The summed E-state index contributed by atoms with van der Waals surface area (Å²) in [5.74, 6) is 1.49. The minimum absolute atomic E-state index is 0.0620. The van der Waals surface area contributed by atoms with Crippen molar-refractivity contribution in [3.8, 4) is 0 Å². The maximum Gasteiger partial charge on any atom is 0.261 e. The Labute approximate surface area is 153 Å². The SMILES string of the molecule is CC(C)(C)[Si](OCC[C@H]1C[C@@H]1CN)(c1ccccc1)c1ccccc1. The van der Waals surface area contributed by atoms with Crippen molar-refractivity contribution in [2.75, 3.05) is 13.2 Å². The predicted molar refractivity (Wildman–Crippen MR) is 109 cm³/mol. The minimum Gasteiger partial charge on any atom is -0.407 e. The Morgan fingerprint density at radius 3 is 1.84 bits per heavy atom. The van der Waals surface area contributed by atoms with Gasteiger partial charge < -0.3 is 10.2 Å². The van der Waals surface area contributed by atoms with Crippen molar-refractivity contribution in [3.05, 3.63) is 60.7 Å². The van der Waals surface area contributed by atoms with Crippen LogP contribution in [0.2, 0.25) is 5.04 Å². The summed E-state index contributed by atoms with van der Waals surface area (Å²) in [6, 6.07) is 21.8. The third-order valence-corrected chi connectivity index (χ3v) is 10.6. The Bertz CT molecular complexity index is 626. The van der Waals surface area contributed by atoms with E-state index in [1.165, 1.54) is 16.8 Å². The van der Waals surface area contributed by atoms with Crippen LogP contribution in [-0.2, 0) is 4.43 Å². The van der Waals surface area contributed by atoms with Gasteiger partial charge in [0.15, 0.2) is 0 Å². The normalized spacial score (nSPS) is 20.5. The average molecular weight is 354 g/mol. The van der Waals surface area contributed by atoms with Gasteiger partial charge in [-0.15, -0.1) is 0 Å². The molecule has 0 bridgehead atoms. The molecule has 2 aromatic rings. The first kappa shape index (κ1) is 18.4. The van der Waals surface area contributed by atoms with Gasteiger partial charge in [-0.25, -0.2) is 0 Å². The molecule has 2 N–H and O–H groups in total. The van der Waals surface area contributed by atoms with Crippen LogP contribution < -0.4 is 16.1 Å². The summed E-state index contributed by atoms with van der Waals surface area (Å²) in [4.78, 5) is 0. The molecule has 1 aliphatic carbocycles. The van der Waals surface area contributed by atoms with Crippen molar-refractivity contribution in [1.82, 2.24) is 0 Å². The Kier molecular flexibility index (Phi) is 5.47. The monoisotopic (exact) mass is 353 g/mol. The summed E-state index contributed by atoms with van der Waals surface area (Å²) < 4.78 is 6.91. The molecule has 1 fully saturated rings. The van der Waals surface area contributed by atoms with Crippen LogP contribution in [0.25, 0.3) is 0 Å². The van der Waals surface area contributed by atoms with E-state index < -0.39 is 8.32 Å². The highest BCUT2D eigenvalue weighted by atomic mass is 28.4. The summed E-state index contributed by atoms with van der Waals surface area (Å²) in [6.07, 6.45) is 2.41. The van der Waals surface area contributed by atoms with Crippen molar-refractivity contribution in [3.63, 3.8) is 0 Å². The van der Waals surface area contributed by atoms with E-state index in [0.29, 0.717) is 0 Å². The zero-order chi connectivity index (χ0) is 17.9. The average Bonchev–Trinajstić information content (AvgIpc) is 3.38. The van der Waals surface area contributed by atoms with Crippen molar-refractivity contribution in [2.24, 2.45) is 17.6 Å². The molecule has 134 valence electrons. The van der Waals surface area contributed by atoms with E-state index in [2.05, 4.69) is 81.4 Å². The van der Waals surface area contributed by atoms with Crippen molar-refractivity contribution < 1.29 is 4.43 Å². The number of hydrogen-bond acceptors (Lipinski definition) is 2. The Balaban J connectivity index is 1.94. The molecule has 1 saturated carbocycles. The Morgan fingerprint density at radius 2 is 1.44 bits per heavy atom. The fraction of sp³-hybridized carbons (Fsp3) is 0.455. The molecule has 0 unspecified atom stereocenters. The maximum absolute atomic E-state index is 6.91. The van der Waals surface area contributed by atoms with Gasteiger partial charge in [0.1, 0.15) is 0 Å². The van der Waals surface area contributed by atoms with Crippen molar-refractivity contribution >= 4 is 18.7 Å². The topological polar surface area (TPSA) is 35.2 Å². The molecule has 0 spiro atoms. The fourth-order valence-electron chi connectivity index (χ4n) is 4.08. The number of nitrogens with two attached hydrogens (primary N) is 1. The fourth-order valence-corrected chi connectivity index (χ4v) is 8.66. The highest BCUT2D eigenvalue weighted by Gasteiger charge is 2.50. The van der Waals surface area contributed by atoms with E-state index in [9.17, 15) is 0 Å². The molecule has 0 aromatic heterocycles. The molecule has 2 aromatic carbocycles. The summed E-state index contributed by atoms with van der Waals surface area (Å²) in [7, 11) is -2.35. The van der Waals surface area contributed by atoms with Crippen molar-refractivity contribution in [1.29, 1.82) is 0 Å². The third-order valence-electron chi connectivity index (χ3n) is 5.60. The van der Waals surface area contributed by atoms with E-state index in [4.69, 9.17) is 10.2 Å². The Hall–Kier alpha value is -1.42. The number of rotatable bonds is 7. The molecule has 3 rings (SSSR count). The third kappa shape index (κ3) is 3.74. The molecule has 0 saturated heterocycles. The first-order valence-electron chi connectivity index (χ1n) is 9.44. The van der Waals surface area contributed by atoms with Gasteiger partial charge in [-0.3, -0.25) is 0 Å². The molecule has 2 atom stereocenters. The molecular weight excluding hydrogens is 322 g/mol. The summed E-state index contributed by atoms with van der Waals surface area (Å²) in [6.45, 7) is 8.65. The van der Waals surface area contributed by atoms with E-state index in [1.807, 2.05) is 0 Å². The minimum atomic E-state index is -2.35. The van der Waals surface area contributed by atoms with Gasteiger partial charge in [-0.2, -0.15) is 0 Å². The van der Waals surface area contributed by atoms with E-state index in [0.717, 1.165) is 31.4 Å². The lowest BCUT2D eigenvalue weighted by atomic mass is 10.2. The van der Waals surface area contributed by atoms with Gasteiger partial charge in [-0.05, 0) is 46.6 Å². The van der Waals surface area contributed by atoms with Gasteiger partial charge >= 0.3 is 0 Å². The van der Waals surface area contributed by atoms with Crippen LogP contribution in [-0.4, -0.2) is 21.5 Å². The van der Waals surface area contributed by atoms with E-state index in [1.54, 1.807) is 0 Å². The zero-order valence-electron chi connectivity index (χ0n) is 15.7. The predicted octanol–water partition coefficient (Wildman–Crippen LogP) is 3.55. The van der Waals surface area contributed by atoms with Gasteiger partial charge in [0.05, 0.1) is 0 Å². The molecule has 25 heavy (non-hydrogen) atoms. The van der Waals surface area contributed by atoms with Crippen LogP contribution in [0.1, 0.15) is 33.6 Å². The van der Waals surface area contributed by atoms with Crippen LogP contribution in [0.15, 0.2) is 60.7 Å². The quantitative estimate of drug-likeness (QED) is 0.773. The van der Waals surface area contributed by atoms with Crippen LogP contribution in [0, 0.1) is 11.8 Å². The lowest BCUT2D eigenvalue weighted by Gasteiger charge is -2.43. The van der Waals surface area contributed by atoms with E-state index >= 15 is 0 Å². The summed E-state index contributed by atoms with van der Waals surface area (Å²) in [5.41, 5.74) is 5.80. The Morgan fingerprint density at radius 1 is 0.920 bits per heavy atom. The van der Waals surface area contributed by atoms with Crippen LogP contribution in [0.4, 0.5) is 0 Å². The van der Waals surface area contributed by atoms with Gasteiger partial charge in [-0.1, -0.05) is 81.4 Å². The number of benzene rings is 2. The first-order valence-corrected chi connectivity index (χ1v) is 11.3. The van der Waals surface area contributed by atoms with Crippen LogP contribution >= 0.6 is 0 Å². The van der Waals surface area contributed by atoms with Crippen LogP contribution in [0.5, 0.6) is 0 Å². The molecule has 0 aliphatic heterocycles.